The maximum atomic E-state index is 12.2. The van der Waals surface area contributed by atoms with E-state index in [1.54, 1.807) is 13.0 Å². The van der Waals surface area contributed by atoms with E-state index in [4.69, 9.17) is 0 Å². The van der Waals surface area contributed by atoms with Crippen molar-refractivity contribution in [2.24, 2.45) is 0 Å². The molecule has 1 aliphatic heterocycles. The molecule has 1 fully saturated rings. The van der Waals surface area contributed by atoms with Crippen molar-refractivity contribution in [2.75, 3.05) is 18.8 Å². The van der Waals surface area contributed by atoms with Gasteiger partial charge in [0.05, 0.1) is 10.6 Å². The van der Waals surface area contributed by atoms with Gasteiger partial charge in [-0.25, -0.2) is 8.42 Å². The minimum Gasteiger partial charge on any atom is -0.361 e. The molecular formula is C21H24N2O2S. The Balaban J connectivity index is 1.50. The van der Waals surface area contributed by atoms with E-state index >= 15 is 0 Å². The van der Waals surface area contributed by atoms with E-state index in [1.807, 2.05) is 18.2 Å². The normalized spacial score (nSPS) is 18.6. The lowest BCUT2D eigenvalue weighted by molar-refractivity contribution is 0.328. The summed E-state index contributed by atoms with van der Waals surface area (Å²) in [7, 11) is -3.15. The van der Waals surface area contributed by atoms with Gasteiger partial charge in [0.15, 0.2) is 9.84 Å². The largest absolute Gasteiger partial charge is 0.361 e. The number of aromatic amines is 1. The third kappa shape index (κ3) is 3.29. The Morgan fingerprint density at radius 2 is 2.00 bits per heavy atom. The van der Waals surface area contributed by atoms with Crippen LogP contribution in [0.3, 0.4) is 0 Å². The molecule has 26 heavy (non-hydrogen) atoms. The summed E-state index contributed by atoms with van der Waals surface area (Å²) in [6, 6.07) is 15.9. The highest BCUT2D eigenvalue weighted by Crippen LogP contribution is 2.30. The average molecular weight is 369 g/mol. The molecule has 0 bridgehead atoms. The Kier molecular flexibility index (Phi) is 4.59. The van der Waals surface area contributed by atoms with E-state index in [1.165, 1.54) is 16.5 Å². The maximum Gasteiger partial charge on any atom is 0.178 e. The van der Waals surface area contributed by atoms with Crippen LogP contribution in [0.2, 0.25) is 0 Å². The topological polar surface area (TPSA) is 53.2 Å². The van der Waals surface area contributed by atoms with Crippen LogP contribution in [0.25, 0.3) is 10.9 Å². The predicted octanol–water partition coefficient (Wildman–Crippen LogP) is 3.95. The van der Waals surface area contributed by atoms with Crippen molar-refractivity contribution < 1.29 is 8.42 Å². The quantitative estimate of drug-likeness (QED) is 0.742. The van der Waals surface area contributed by atoms with Crippen LogP contribution in [0.15, 0.2) is 59.6 Å². The number of sulfone groups is 1. The first-order valence-electron chi connectivity index (χ1n) is 9.17. The van der Waals surface area contributed by atoms with Gasteiger partial charge in [-0.15, -0.1) is 0 Å². The fraction of sp³-hybridized carbons (Fsp3) is 0.333. The second-order valence-electron chi connectivity index (χ2n) is 7.06. The number of para-hydroxylation sites is 1. The van der Waals surface area contributed by atoms with Crippen molar-refractivity contribution in [1.82, 2.24) is 9.88 Å². The molecule has 0 aliphatic carbocycles. The van der Waals surface area contributed by atoms with Crippen LogP contribution in [-0.4, -0.2) is 37.1 Å². The second-order valence-corrected chi connectivity index (χ2v) is 9.33. The Labute approximate surface area is 154 Å². The van der Waals surface area contributed by atoms with Gasteiger partial charge in [0.25, 0.3) is 0 Å². The van der Waals surface area contributed by atoms with Crippen molar-refractivity contribution in [3.05, 3.63) is 65.9 Å². The SMILES string of the molecule is CCS(=O)(=O)c1cccc(C2CCN(Cc3c[nH]c4ccccc34)C2)c1. The lowest BCUT2D eigenvalue weighted by atomic mass is 9.99. The molecular weight excluding hydrogens is 344 g/mol. The average Bonchev–Trinajstić information content (AvgIpc) is 3.30. The third-order valence-electron chi connectivity index (χ3n) is 5.41. The van der Waals surface area contributed by atoms with Crippen LogP contribution in [0, 0.1) is 0 Å². The minimum atomic E-state index is -3.15. The molecule has 0 radical (unpaired) electrons. The van der Waals surface area contributed by atoms with Crippen LogP contribution in [0.1, 0.15) is 30.4 Å². The van der Waals surface area contributed by atoms with Crippen molar-refractivity contribution >= 4 is 20.7 Å². The Hall–Kier alpha value is -2.11. The number of likely N-dealkylation sites (tertiary alicyclic amines) is 1. The molecule has 136 valence electrons. The number of hydrogen-bond acceptors (Lipinski definition) is 3. The molecule has 1 aliphatic rings. The first-order chi connectivity index (χ1) is 12.6. The van der Waals surface area contributed by atoms with Crippen LogP contribution >= 0.6 is 0 Å². The molecule has 1 N–H and O–H groups in total. The number of fused-ring (bicyclic) bond motifs is 1. The van der Waals surface area contributed by atoms with E-state index in [-0.39, 0.29) is 5.75 Å². The Morgan fingerprint density at radius 3 is 2.85 bits per heavy atom. The highest BCUT2D eigenvalue weighted by Gasteiger charge is 2.25. The highest BCUT2D eigenvalue weighted by molar-refractivity contribution is 7.91. The molecule has 5 heteroatoms. The van der Waals surface area contributed by atoms with Gasteiger partial charge in [0.2, 0.25) is 0 Å². The summed E-state index contributed by atoms with van der Waals surface area (Å²) in [4.78, 5) is 6.25. The molecule has 1 aromatic heterocycles. The molecule has 0 amide bonds. The summed E-state index contributed by atoms with van der Waals surface area (Å²) in [6.45, 7) is 4.62. The van der Waals surface area contributed by atoms with Gasteiger partial charge < -0.3 is 4.98 Å². The van der Waals surface area contributed by atoms with E-state index in [0.717, 1.165) is 31.6 Å². The lowest BCUT2D eigenvalue weighted by Gasteiger charge is -2.16. The molecule has 0 spiro atoms. The zero-order chi connectivity index (χ0) is 18.1. The summed E-state index contributed by atoms with van der Waals surface area (Å²) >= 11 is 0. The molecule has 3 aromatic rings. The molecule has 4 rings (SSSR count). The van der Waals surface area contributed by atoms with Crippen molar-refractivity contribution in [3.8, 4) is 0 Å². The third-order valence-corrected chi connectivity index (χ3v) is 7.14. The van der Waals surface area contributed by atoms with E-state index < -0.39 is 9.84 Å². The van der Waals surface area contributed by atoms with Gasteiger partial charge in [-0.2, -0.15) is 0 Å². The molecule has 0 saturated carbocycles. The standard InChI is InChI=1S/C21H24N2O2S/c1-2-26(24,25)19-7-5-6-16(12-19)17-10-11-23(14-17)15-18-13-22-21-9-4-3-8-20(18)21/h3-9,12-13,17,22H,2,10-11,14-15H2,1H3. The number of benzene rings is 2. The van der Waals surface area contributed by atoms with Crippen molar-refractivity contribution in [1.29, 1.82) is 0 Å². The number of nitrogens with zero attached hydrogens (tertiary/aromatic N) is 1. The maximum absolute atomic E-state index is 12.2. The van der Waals surface area contributed by atoms with E-state index in [2.05, 4.69) is 40.3 Å². The van der Waals surface area contributed by atoms with Gasteiger partial charge >= 0.3 is 0 Å². The lowest BCUT2D eigenvalue weighted by Crippen LogP contribution is -2.19. The molecule has 1 saturated heterocycles. The zero-order valence-corrected chi connectivity index (χ0v) is 15.8. The molecule has 2 aromatic carbocycles. The molecule has 1 atom stereocenters. The minimum absolute atomic E-state index is 0.147. The first kappa shape index (κ1) is 17.3. The van der Waals surface area contributed by atoms with Crippen LogP contribution in [0.4, 0.5) is 0 Å². The number of H-pyrrole nitrogens is 1. The predicted molar refractivity (Wildman–Crippen MR) is 105 cm³/mol. The van der Waals surface area contributed by atoms with Crippen LogP contribution < -0.4 is 0 Å². The number of nitrogens with one attached hydrogen (secondary N) is 1. The van der Waals surface area contributed by atoms with Gasteiger partial charge in [0, 0.05) is 30.2 Å². The summed E-state index contributed by atoms with van der Waals surface area (Å²) in [5.41, 5.74) is 3.64. The van der Waals surface area contributed by atoms with Gasteiger partial charge in [-0.3, -0.25) is 4.90 Å². The second kappa shape index (κ2) is 6.89. The number of rotatable bonds is 5. The Bertz CT molecular complexity index is 1020. The van der Waals surface area contributed by atoms with Crippen LogP contribution in [-0.2, 0) is 16.4 Å². The first-order valence-corrected chi connectivity index (χ1v) is 10.8. The molecule has 1 unspecified atom stereocenters. The van der Waals surface area contributed by atoms with Gasteiger partial charge in [0.1, 0.15) is 0 Å². The van der Waals surface area contributed by atoms with Crippen molar-refractivity contribution in [2.45, 2.75) is 30.7 Å². The highest BCUT2D eigenvalue weighted by atomic mass is 32.2. The smallest absolute Gasteiger partial charge is 0.178 e. The summed E-state index contributed by atoms with van der Waals surface area (Å²) < 4.78 is 24.3. The van der Waals surface area contributed by atoms with E-state index in [9.17, 15) is 8.42 Å². The Morgan fingerprint density at radius 1 is 1.15 bits per heavy atom. The fourth-order valence-electron chi connectivity index (χ4n) is 3.88. The summed E-state index contributed by atoms with van der Waals surface area (Å²) in [5.74, 6) is 0.542. The van der Waals surface area contributed by atoms with Crippen molar-refractivity contribution in [3.63, 3.8) is 0 Å². The summed E-state index contributed by atoms with van der Waals surface area (Å²) in [5, 5.41) is 1.28. The number of aromatic nitrogens is 1. The fourth-order valence-corrected chi connectivity index (χ4v) is 4.82. The molecule has 4 nitrogen and oxygen atoms in total. The number of hydrogen-bond donors (Lipinski definition) is 1. The van der Waals surface area contributed by atoms with E-state index in [0.29, 0.717) is 10.8 Å². The van der Waals surface area contributed by atoms with Gasteiger partial charge in [-0.1, -0.05) is 37.3 Å². The molecule has 2 heterocycles. The van der Waals surface area contributed by atoms with Gasteiger partial charge in [-0.05, 0) is 48.2 Å². The summed E-state index contributed by atoms with van der Waals surface area (Å²) in [6.07, 6.45) is 3.17. The monoisotopic (exact) mass is 368 g/mol. The van der Waals surface area contributed by atoms with Crippen LogP contribution in [0.5, 0.6) is 0 Å². The zero-order valence-electron chi connectivity index (χ0n) is 15.0.